The Morgan fingerprint density at radius 1 is 1.67 bits per heavy atom. The molecule has 15 heavy (non-hydrogen) atoms. The third-order valence-corrected chi connectivity index (χ3v) is 2.94. The molecule has 0 bridgehead atoms. The summed E-state index contributed by atoms with van der Waals surface area (Å²) < 4.78 is 7.23. The van der Waals surface area contributed by atoms with Gasteiger partial charge in [0.2, 0.25) is 0 Å². The van der Waals surface area contributed by atoms with Crippen LogP contribution in [0, 0.1) is 0 Å². The lowest BCUT2D eigenvalue weighted by Gasteiger charge is -2.23. The van der Waals surface area contributed by atoms with E-state index in [1.54, 1.807) is 0 Å². The Hall–Kier alpha value is -0.870. The maximum atomic E-state index is 5.39. The van der Waals surface area contributed by atoms with Gasteiger partial charge in [-0.05, 0) is 31.9 Å². The number of rotatable bonds is 4. The number of aryl methyl sites for hydroxylation is 1. The molecule has 84 valence electrons. The molecule has 2 rings (SSSR count). The van der Waals surface area contributed by atoms with E-state index >= 15 is 0 Å². The highest BCUT2D eigenvalue weighted by Crippen LogP contribution is 2.17. The second kappa shape index (κ2) is 4.33. The minimum atomic E-state index is 0.183. The van der Waals surface area contributed by atoms with E-state index in [9.17, 15) is 0 Å². The molecule has 1 aliphatic rings. The maximum Gasteiger partial charge on any atom is 0.0646 e. The van der Waals surface area contributed by atoms with Gasteiger partial charge in [-0.3, -0.25) is 4.68 Å². The van der Waals surface area contributed by atoms with Gasteiger partial charge in [0.25, 0.3) is 0 Å². The minimum Gasteiger partial charge on any atom is -0.379 e. The van der Waals surface area contributed by atoms with Gasteiger partial charge in [-0.25, -0.2) is 0 Å². The van der Waals surface area contributed by atoms with Crippen molar-refractivity contribution in [2.75, 3.05) is 19.8 Å². The van der Waals surface area contributed by atoms with Crippen LogP contribution in [0.1, 0.15) is 18.9 Å². The summed E-state index contributed by atoms with van der Waals surface area (Å²) in [5.74, 6) is 0. The fourth-order valence-corrected chi connectivity index (χ4v) is 1.92. The second-order valence-corrected chi connectivity index (χ2v) is 4.56. The van der Waals surface area contributed by atoms with Crippen molar-refractivity contribution in [3.8, 4) is 0 Å². The number of nitrogens with one attached hydrogen (secondary N) is 1. The zero-order chi connectivity index (χ0) is 10.7. The Morgan fingerprint density at radius 2 is 2.53 bits per heavy atom. The summed E-state index contributed by atoms with van der Waals surface area (Å²) in [5.41, 5.74) is 1.47. The van der Waals surface area contributed by atoms with E-state index in [1.807, 2.05) is 17.9 Å². The van der Waals surface area contributed by atoms with Crippen LogP contribution in [0.3, 0.4) is 0 Å². The Bertz CT molecular complexity index is 315. The summed E-state index contributed by atoms with van der Waals surface area (Å²) in [5, 5.41) is 7.70. The lowest BCUT2D eigenvalue weighted by molar-refractivity contribution is 0.172. The molecule has 4 nitrogen and oxygen atoms in total. The van der Waals surface area contributed by atoms with Crippen molar-refractivity contribution in [3.63, 3.8) is 0 Å². The highest BCUT2D eigenvalue weighted by atomic mass is 16.5. The van der Waals surface area contributed by atoms with E-state index in [4.69, 9.17) is 4.74 Å². The number of ether oxygens (including phenoxy) is 1. The second-order valence-electron chi connectivity index (χ2n) is 4.56. The van der Waals surface area contributed by atoms with Crippen molar-refractivity contribution in [2.45, 2.75) is 25.3 Å². The largest absolute Gasteiger partial charge is 0.379 e. The standard InChI is InChI=1S/C11H19N3O/c1-11(4-6-15-9-11)12-5-3-10-7-13-14(2)8-10/h7-8,12H,3-6,9H2,1-2H3. The molecule has 0 saturated carbocycles. The van der Waals surface area contributed by atoms with Crippen LogP contribution in [0.15, 0.2) is 12.4 Å². The van der Waals surface area contributed by atoms with Gasteiger partial charge >= 0.3 is 0 Å². The first kappa shape index (κ1) is 10.6. The van der Waals surface area contributed by atoms with Gasteiger partial charge in [0.05, 0.1) is 12.8 Å². The molecule has 0 aromatic carbocycles. The third kappa shape index (κ3) is 2.79. The van der Waals surface area contributed by atoms with Crippen LogP contribution in [-0.2, 0) is 18.2 Å². The summed E-state index contributed by atoms with van der Waals surface area (Å²) in [4.78, 5) is 0. The van der Waals surface area contributed by atoms with Crippen molar-refractivity contribution in [1.29, 1.82) is 0 Å². The average Bonchev–Trinajstić information content (AvgIpc) is 2.76. The lowest BCUT2D eigenvalue weighted by atomic mass is 10.0. The summed E-state index contributed by atoms with van der Waals surface area (Å²) in [6.45, 7) is 4.94. The van der Waals surface area contributed by atoms with Gasteiger partial charge in [-0.1, -0.05) is 0 Å². The molecule has 1 unspecified atom stereocenters. The van der Waals surface area contributed by atoms with E-state index in [1.165, 1.54) is 5.56 Å². The molecule has 1 fully saturated rings. The summed E-state index contributed by atoms with van der Waals surface area (Å²) in [6.07, 6.45) is 6.13. The number of hydrogen-bond acceptors (Lipinski definition) is 3. The Labute approximate surface area is 90.6 Å². The van der Waals surface area contributed by atoms with Gasteiger partial charge in [0.15, 0.2) is 0 Å². The molecule has 2 heterocycles. The normalized spacial score (nSPS) is 26.0. The summed E-state index contributed by atoms with van der Waals surface area (Å²) >= 11 is 0. The first-order valence-electron chi connectivity index (χ1n) is 5.48. The van der Waals surface area contributed by atoms with Crippen molar-refractivity contribution >= 4 is 0 Å². The fraction of sp³-hybridized carbons (Fsp3) is 0.727. The predicted molar refractivity (Wildman–Crippen MR) is 58.8 cm³/mol. The van der Waals surface area contributed by atoms with Gasteiger partial charge < -0.3 is 10.1 Å². The Balaban J connectivity index is 1.75. The van der Waals surface area contributed by atoms with E-state index < -0.39 is 0 Å². The van der Waals surface area contributed by atoms with E-state index in [-0.39, 0.29) is 5.54 Å². The van der Waals surface area contributed by atoms with Gasteiger partial charge in [0, 0.05) is 25.4 Å². The molecule has 1 N–H and O–H groups in total. The highest BCUT2D eigenvalue weighted by molar-refractivity contribution is 5.04. The smallest absolute Gasteiger partial charge is 0.0646 e. The van der Waals surface area contributed by atoms with E-state index in [0.717, 1.165) is 32.6 Å². The maximum absolute atomic E-state index is 5.39. The van der Waals surface area contributed by atoms with Crippen LogP contribution >= 0.6 is 0 Å². The molecule has 1 aliphatic heterocycles. The van der Waals surface area contributed by atoms with E-state index in [0.29, 0.717) is 0 Å². The van der Waals surface area contributed by atoms with Crippen LogP contribution in [0.2, 0.25) is 0 Å². The van der Waals surface area contributed by atoms with Crippen molar-refractivity contribution in [1.82, 2.24) is 15.1 Å². The molecule has 0 radical (unpaired) electrons. The summed E-state index contributed by atoms with van der Waals surface area (Å²) in [7, 11) is 1.95. The van der Waals surface area contributed by atoms with Crippen LogP contribution in [0.5, 0.6) is 0 Å². The first-order valence-corrected chi connectivity index (χ1v) is 5.48. The third-order valence-electron chi connectivity index (χ3n) is 2.94. The average molecular weight is 209 g/mol. The monoisotopic (exact) mass is 209 g/mol. The SMILES string of the molecule is Cn1cc(CCNC2(C)CCOC2)cn1. The van der Waals surface area contributed by atoms with Crippen LogP contribution in [0.4, 0.5) is 0 Å². The fourth-order valence-electron chi connectivity index (χ4n) is 1.92. The topological polar surface area (TPSA) is 39.1 Å². The van der Waals surface area contributed by atoms with Crippen LogP contribution in [-0.4, -0.2) is 35.1 Å². The zero-order valence-corrected chi connectivity index (χ0v) is 9.49. The number of hydrogen-bond donors (Lipinski definition) is 1. The molecule has 0 spiro atoms. The quantitative estimate of drug-likeness (QED) is 0.794. The number of aromatic nitrogens is 2. The first-order chi connectivity index (χ1) is 7.18. The van der Waals surface area contributed by atoms with Crippen molar-refractivity contribution in [2.24, 2.45) is 7.05 Å². The molecule has 1 aromatic heterocycles. The highest BCUT2D eigenvalue weighted by Gasteiger charge is 2.28. The molecule has 0 aliphatic carbocycles. The Morgan fingerprint density at radius 3 is 3.13 bits per heavy atom. The minimum absolute atomic E-state index is 0.183. The molecule has 4 heteroatoms. The zero-order valence-electron chi connectivity index (χ0n) is 9.49. The number of nitrogens with zero attached hydrogens (tertiary/aromatic N) is 2. The molecule has 1 saturated heterocycles. The van der Waals surface area contributed by atoms with Crippen LogP contribution < -0.4 is 5.32 Å². The molecule has 0 amide bonds. The van der Waals surface area contributed by atoms with Crippen LogP contribution in [0.25, 0.3) is 0 Å². The molecule has 1 aromatic rings. The summed E-state index contributed by atoms with van der Waals surface area (Å²) in [6, 6.07) is 0. The molecule has 1 atom stereocenters. The van der Waals surface area contributed by atoms with Crippen molar-refractivity contribution < 1.29 is 4.74 Å². The van der Waals surface area contributed by atoms with Crippen molar-refractivity contribution in [3.05, 3.63) is 18.0 Å². The van der Waals surface area contributed by atoms with Gasteiger partial charge in [-0.2, -0.15) is 5.10 Å². The van der Waals surface area contributed by atoms with Gasteiger partial charge in [0.1, 0.15) is 0 Å². The molecular formula is C11H19N3O. The van der Waals surface area contributed by atoms with Gasteiger partial charge in [-0.15, -0.1) is 0 Å². The lowest BCUT2D eigenvalue weighted by Crippen LogP contribution is -2.43. The van der Waals surface area contributed by atoms with E-state index in [2.05, 4.69) is 23.5 Å². The predicted octanol–water partition coefficient (Wildman–Crippen LogP) is 0.731. The Kier molecular flexibility index (Phi) is 3.07. The molecular weight excluding hydrogens is 190 g/mol.